The van der Waals surface area contributed by atoms with Crippen LogP contribution in [0, 0.1) is 23.7 Å². The number of fused-ring (bicyclic) bond motifs is 3. The van der Waals surface area contributed by atoms with Crippen LogP contribution in [0.2, 0.25) is 5.02 Å². The minimum absolute atomic E-state index is 0.00281. The van der Waals surface area contributed by atoms with Gasteiger partial charge in [-0.15, -0.1) is 11.8 Å². The van der Waals surface area contributed by atoms with Gasteiger partial charge in [0.05, 0.1) is 6.04 Å². The number of amides is 1. The van der Waals surface area contributed by atoms with Crippen molar-refractivity contribution in [2.24, 2.45) is 23.7 Å². The highest BCUT2D eigenvalue weighted by molar-refractivity contribution is 7.99. The van der Waals surface area contributed by atoms with Crippen LogP contribution in [0.1, 0.15) is 44.1 Å². The van der Waals surface area contributed by atoms with E-state index in [0.717, 1.165) is 46.9 Å². The van der Waals surface area contributed by atoms with Gasteiger partial charge in [0.25, 0.3) is 0 Å². The van der Waals surface area contributed by atoms with Crippen LogP contribution in [0.3, 0.4) is 0 Å². The predicted molar refractivity (Wildman–Crippen MR) is 112 cm³/mol. The Morgan fingerprint density at radius 3 is 2.44 bits per heavy atom. The van der Waals surface area contributed by atoms with Gasteiger partial charge in [-0.3, -0.25) is 9.69 Å². The van der Waals surface area contributed by atoms with Crippen LogP contribution in [-0.2, 0) is 11.3 Å². The molecule has 5 heteroatoms. The molecule has 3 aliphatic carbocycles. The number of carbonyl (C=O) groups excluding carboxylic acids is 1. The van der Waals surface area contributed by atoms with Gasteiger partial charge < -0.3 is 5.32 Å². The van der Waals surface area contributed by atoms with Gasteiger partial charge in [-0.1, -0.05) is 23.7 Å². The molecule has 3 saturated carbocycles. The van der Waals surface area contributed by atoms with Crippen molar-refractivity contribution >= 4 is 29.3 Å². The van der Waals surface area contributed by atoms with E-state index in [9.17, 15) is 4.79 Å². The highest BCUT2D eigenvalue weighted by Gasteiger charge is 2.46. The van der Waals surface area contributed by atoms with Crippen LogP contribution in [-0.4, -0.2) is 34.5 Å². The minimum Gasteiger partial charge on any atom is -0.352 e. The number of carbonyl (C=O) groups is 1. The molecule has 0 aromatic heterocycles. The van der Waals surface area contributed by atoms with Crippen molar-refractivity contribution < 1.29 is 4.79 Å². The quantitative estimate of drug-likeness (QED) is 0.799. The Kier molecular flexibility index (Phi) is 5.16. The van der Waals surface area contributed by atoms with Crippen LogP contribution in [0.25, 0.3) is 0 Å². The van der Waals surface area contributed by atoms with Crippen molar-refractivity contribution in [2.45, 2.75) is 57.2 Å². The van der Waals surface area contributed by atoms with E-state index < -0.39 is 0 Å². The summed E-state index contributed by atoms with van der Waals surface area (Å²) in [5, 5.41) is 4.22. The summed E-state index contributed by atoms with van der Waals surface area (Å²) in [6.45, 7) is 0.821. The Labute approximate surface area is 171 Å². The number of thioether (sulfide) groups is 1. The average molecular weight is 405 g/mol. The van der Waals surface area contributed by atoms with Crippen LogP contribution < -0.4 is 5.32 Å². The number of rotatable bonds is 4. The van der Waals surface area contributed by atoms with E-state index in [2.05, 4.69) is 22.3 Å². The number of nitrogens with one attached hydrogen (secondary N) is 1. The largest absolute Gasteiger partial charge is 0.352 e. The second-order valence-corrected chi connectivity index (χ2v) is 10.7. The van der Waals surface area contributed by atoms with E-state index in [1.807, 2.05) is 23.9 Å². The highest BCUT2D eigenvalue weighted by Crippen LogP contribution is 2.54. The number of hydrogen-bond donors (Lipinski definition) is 1. The zero-order chi connectivity index (χ0) is 18.4. The third-order valence-electron chi connectivity index (χ3n) is 7.17. The molecular weight excluding hydrogens is 376 g/mol. The molecule has 1 aromatic rings. The normalized spacial score (nSPS) is 38.1. The lowest BCUT2D eigenvalue weighted by Crippen LogP contribution is -2.49. The average Bonchev–Trinajstić information content (AvgIpc) is 3.20. The molecule has 27 heavy (non-hydrogen) atoms. The predicted octanol–water partition coefficient (Wildman–Crippen LogP) is 4.55. The van der Waals surface area contributed by atoms with Crippen molar-refractivity contribution in [1.29, 1.82) is 0 Å². The molecule has 1 N–H and O–H groups in total. The molecule has 1 aliphatic heterocycles. The Hall–Kier alpha value is -0.710. The molecule has 1 heterocycles. The highest BCUT2D eigenvalue weighted by atomic mass is 35.5. The molecule has 4 fully saturated rings. The number of benzene rings is 1. The van der Waals surface area contributed by atoms with Gasteiger partial charge in [0.2, 0.25) is 5.91 Å². The fourth-order valence-corrected chi connectivity index (χ4v) is 7.13. The Morgan fingerprint density at radius 1 is 1.04 bits per heavy atom. The maximum Gasteiger partial charge on any atom is 0.238 e. The monoisotopic (exact) mass is 404 g/mol. The Balaban J connectivity index is 1.19. The van der Waals surface area contributed by atoms with E-state index >= 15 is 0 Å². The zero-order valence-electron chi connectivity index (χ0n) is 15.8. The fraction of sp³-hybridized carbons (Fsp3) is 0.682. The number of nitrogens with zero attached hydrogens (tertiary/aromatic N) is 1. The summed E-state index contributed by atoms with van der Waals surface area (Å²) in [5.41, 5.74) is 1.22. The molecule has 146 valence electrons. The van der Waals surface area contributed by atoms with Gasteiger partial charge in [0.15, 0.2) is 0 Å². The molecule has 0 spiro atoms. The van der Waals surface area contributed by atoms with Gasteiger partial charge >= 0.3 is 0 Å². The second kappa shape index (κ2) is 7.61. The summed E-state index contributed by atoms with van der Waals surface area (Å²) in [6, 6.07) is 8.41. The maximum absolute atomic E-state index is 13.1. The van der Waals surface area contributed by atoms with E-state index in [0.29, 0.717) is 6.04 Å². The molecule has 1 amide bonds. The molecule has 5 rings (SSSR count). The molecule has 5 atom stereocenters. The lowest BCUT2D eigenvalue weighted by Gasteiger charge is -2.35. The molecule has 4 aliphatic rings. The third-order valence-corrected chi connectivity index (χ3v) is 8.48. The summed E-state index contributed by atoms with van der Waals surface area (Å²) >= 11 is 7.87. The van der Waals surface area contributed by atoms with Crippen molar-refractivity contribution in [2.75, 3.05) is 11.6 Å². The first-order valence-electron chi connectivity index (χ1n) is 10.5. The molecule has 0 radical (unpaired) electrons. The SMILES string of the molecule is O=C(NC1CC2CC(C1)CC1CC1C2)[C@H]1CSCN1Cc1ccc(Cl)cc1. The van der Waals surface area contributed by atoms with Crippen molar-refractivity contribution in [3.05, 3.63) is 34.9 Å². The topological polar surface area (TPSA) is 32.3 Å². The van der Waals surface area contributed by atoms with Gasteiger partial charge in [-0.2, -0.15) is 0 Å². The van der Waals surface area contributed by atoms with E-state index in [1.165, 1.54) is 44.1 Å². The number of halogens is 1. The fourth-order valence-electron chi connectivity index (χ4n) is 5.81. The molecule has 4 unspecified atom stereocenters. The van der Waals surface area contributed by atoms with Crippen molar-refractivity contribution in [1.82, 2.24) is 10.2 Å². The molecule has 3 nitrogen and oxygen atoms in total. The molecule has 1 aromatic carbocycles. The lowest BCUT2D eigenvalue weighted by molar-refractivity contribution is -0.126. The summed E-state index contributed by atoms with van der Waals surface area (Å²) in [4.78, 5) is 15.4. The first-order valence-corrected chi connectivity index (χ1v) is 12.0. The minimum atomic E-state index is 0.00281. The van der Waals surface area contributed by atoms with Crippen molar-refractivity contribution in [3.63, 3.8) is 0 Å². The Bertz CT molecular complexity index is 674. The smallest absolute Gasteiger partial charge is 0.238 e. The van der Waals surface area contributed by atoms with Crippen molar-refractivity contribution in [3.8, 4) is 0 Å². The maximum atomic E-state index is 13.1. The van der Waals surface area contributed by atoms with E-state index in [1.54, 1.807) is 0 Å². The third kappa shape index (κ3) is 4.18. The van der Waals surface area contributed by atoms with Gasteiger partial charge in [-0.25, -0.2) is 0 Å². The van der Waals surface area contributed by atoms with Crippen LogP contribution >= 0.6 is 23.4 Å². The summed E-state index contributed by atoms with van der Waals surface area (Å²) in [7, 11) is 0. The second-order valence-electron chi connectivity index (χ2n) is 9.26. The van der Waals surface area contributed by atoms with Crippen LogP contribution in [0.5, 0.6) is 0 Å². The summed E-state index contributed by atoms with van der Waals surface area (Å²) in [5.74, 6) is 5.85. The standard InChI is InChI=1S/C22H29ClN2OS/c23-19-3-1-14(2-4-19)11-25-13-27-12-21(25)22(26)24-20-8-15-5-16(9-20)7-18-10-17(18)6-15/h1-4,15-18,20-21H,5-13H2,(H,24,26)/t15?,16?,17?,18?,20?,21-/m1/s1. The Morgan fingerprint density at radius 2 is 1.74 bits per heavy atom. The first-order chi connectivity index (χ1) is 13.1. The first kappa shape index (κ1) is 18.3. The zero-order valence-corrected chi connectivity index (χ0v) is 17.4. The van der Waals surface area contributed by atoms with Crippen LogP contribution in [0.15, 0.2) is 24.3 Å². The molecule has 1 saturated heterocycles. The molecule has 2 bridgehead atoms. The van der Waals surface area contributed by atoms with E-state index in [-0.39, 0.29) is 11.9 Å². The van der Waals surface area contributed by atoms with Gasteiger partial charge in [0, 0.05) is 29.2 Å². The van der Waals surface area contributed by atoms with Crippen LogP contribution in [0.4, 0.5) is 0 Å². The number of hydrogen-bond acceptors (Lipinski definition) is 3. The summed E-state index contributed by atoms with van der Waals surface area (Å²) in [6.07, 6.45) is 8.18. The van der Waals surface area contributed by atoms with Gasteiger partial charge in [0.1, 0.15) is 0 Å². The lowest BCUT2D eigenvalue weighted by atomic mass is 9.76. The van der Waals surface area contributed by atoms with E-state index in [4.69, 9.17) is 11.6 Å². The summed E-state index contributed by atoms with van der Waals surface area (Å²) < 4.78 is 0. The van der Waals surface area contributed by atoms with Gasteiger partial charge in [-0.05, 0) is 79.9 Å². The molecular formula is C22H29ClN2OS.